The summed E-state index contributed by atoms with van der Waals surface area (Å²) in [4.78, 5) is 0. The van der Waals surface area contributed by atoms with Gasteiger partial charge in [0.15, 0.2) is 0 Å². The molecule has 1 aromatic carbocycles. The van der Waals surface area contributed by atoms with Gasteiger partial charge < -0.3 is 4.42 Å². The highest BCUT2D eigenvalue weighted by Gasteiger charge is 2.05. The van der Waals surface area contributed by atoms with Crippen molar-refractivity contribution in [3.63, 3.8) is 0 Å². The van der Waals surface area contributed by atoms with E-state index in [1.807, 2.05) is 24.3 Å². The van der Waals surface area contributed by atoms with Crippen LogP contribution in [0.5, 0.6) is 0 Å². The molecule has 0 bridgehead atoms. The minimum absolute atomic E-state index is 0.576. The molecule has 1 heterocycles. The van der Waals surface area contributed by atoms with Crippen LogP contribution >= 0.6 is 23.4 Å². The third kappa shape index (κ3) is 2.73. The Morgan fingerprint density at radius 3 is 2.80 bits per heavy atom. The minimum atomic E-state index is 0.576. The molecule has 0 aliphatic rings. The number of nitrogens with zero attached hydrogens (tertiary/aromatic N) is 2. The Kier molecular flexibility index (Phi) is 3.28. The fourth-order valence-electron chi connectivity index (χ4n) is 1.09. The molecule has 0 aliphatic carbocycles. The lowest BCUT2D eigenvalue weighted by atomic mass is 10.2. The van der Waals surface area contributed by atoms with Crippen molar-refractivity contribution in [2.75, 3.05) is 0 Å². The minimum Gasteiger partial charge on any atom is -0.416 e. The fourth-order valence-corrected chi connectivity index (χ4v) is 2.18. The van der Waals surface area contributed by atoms with Crippen molar-refractivity contribution < 1.29 is 4.42 Å². The Morgan fingerprint density at radius 2 is 2.13 bits per heavy atom. The SMILES string of the molecule is Cc1nnc(SCc2ccccc2Cl)o1. The number of hydrogen-bond donors (Lipinski definition) is 0. The number of benzene rings is 1. The van der Waals surface area contributed by atoms with Crippen molar-refractivity contribution in [1.82, 2.24) is 10.2 Å². The van der Waals surface area contributed by atoms with Crippen LogP contribution < -0.4 is 0 Å². The molecule has 0 atom stereocenters. The van der Waals surface area contributed by atoms with Crippen molar-refractivity contribution in [2.24, 2.45) is 0 Å². The van der Waals surface area contributed by atoms with E-state index in [0.717, 1.165) is 16.3 Å². The van der Waals surface area contributed by atoms with Crippen LogP contribution in [0.25, 0.3) is 0 Å². The molecule has 15 heavy (non-hydrogen) atoms. The summed E-state index contributed by atoms with van der Waals surface area (Å²) in [5.41, 5.74) is 1.07. The van der Waals surface area contributed by atoms with Crippen molar-refractivity contribution >= 4 is 23.4 Å². The molecule has 0 aliphatic heterocycles. The quantitative estimate of drug-likeness (QED) is 0.772. The van der Waals surface area contributed by atoms with Crippen molar-refractivity contribution in [1.29, 1.82) is 0 Å². The van der Waals surface area contributed by atoms with Gasteiger partial charge in [-0.3, -0.25) is 0 Å². The van der Waals surface area contributed by atoms with Crippen LogP contribution in [-0.2, 0) is 5.75 Å². The van der Waals surface area contributed by atoms with Crippen LogP contribution in [-0.4, -0.2) is 10.2 Å². The third-order valence-electron chi connectivity index (χ3n) is 1.82. The molecule has 0 radical (unpaired) electrons. The predicted molar refractivity (Wildman–Crippen MR) is 60.0 cm³/mol. The van der Waals surface area contributed by atoms with E-state index in [0.29, 0.717) is 11.1 Å². The topological polar surface area (TPSA) is 38.9 Å². The number of aromatic nitrogens is 2. The summed E-state index contributed by atoms with van der Waals surface area (Å²) in [5, 5.41) is 8.99. The second kappa shape index (κ2) is 4.68. The lowest BCUT2D eigenvalue weighted by Gasteiger charge is -2.00. The Morgan fingerprint density at radius 1 is 1.33 bits per heavy atom. The molecule has 2 aromatic rings. The van der Waals surface area contributed by atoms with Gasteiger partial charge in [-0.05, 0) is 11.6 Å². The monoisotopic (exact) mass is 240 g/mol. The smallest absolute Gasteiger partial charge is 0.276 e. The molecular weight excluding hydrogens is 232 g/mol. The summed E-state index contributed by atoms with van der Waals surface area (Å²) in [5.74, 6) is 1.32. The van der Waals surface area contributed by atoms with Crippen molar-refractivity contribution in [2.45, 2.75) is 17.9 Å². The maximum absolute atomic E-state index is 6.02. The molecule has 0 amide bonds. The molecule has 1 aromatic heterocycles. The van der Waals surface area contributed by atoms with E-state index in [-0.39, 0.29) is 0 Å². The molecule has 0 saturated carbocycles. The van der Waals surface area contributed by atoms with E-state index in [2.05, 4.69) is 10.2 Å². The molecule has 5 heteroatoms. The van der Waals surface area contributed by atoms with Gasteiger partial charge in [-0.2, -0.15) is 0 Å². The standard InChI is InChI=1S/C10H9ClN2OS/c1-7-12-13-10(14-7)15-6-8-4-2-3-5-9(8)11/h2-5H,6H2,1H3. The van der Waals surface area contributed by atoms with Gasteiger partial charge in [-0.1, -0.05) is 41.6 Å². The Bertz CT molecular complexity index is 458. The highest BCUT2D eigenvalue weighted by molar-refractivity contribution is 7.98. The van der Waals surface area contributed by atoms with Crippen LogP contribution in [0.1, 0.15) is 11.5 Å². The molecule has 0 spiro atoms. The van der Waals surface area contributed by atoms with Crippen LogP contribution in [0.2, 0.25) is 5.02 Å². The van der Waals surface area contributed by atoms with Gasteiger partial charge in [0.1, 0.15) is 0 Å². The maximum atomic E-state index is 6.02. The number of hydrogen-bond acceptors (Lipinski definition) is 4. The summed E-state index contributed by atoms with van der Waals surface area (Å²) in [6.07, 6.45) is 0. The normalized spacial score (nSPS) is 10.5. The largest absolute Gasteiger partial charge is 0.416 e. The van der Waals surface area contributed by atoms with Crippen LogP contribution in [0, 0.1) is 6.92 Å². The first-order chi connectivity index (χ1) is 7.25. The lowest BCUT2D eigenvalue weighted by molar-refractivity contribution is 0.429. The Hall–Kier alpha value is -1.00. The second-order valence-corrected chi connectivity index (χ2v) is 4.30. The lowest BCUT2D eigenvalue weighted by Crippen LogP contribution is -1.81. The van der Waals surface area contributed by atoms with E-state index >= 15 is 0 Å². The number of aryl methyl sites for hydroxylation is 1. The summed E-state index contributed by atoms with van der Waals surface area (Å²) in [6.45, 7) is 1.77. The average molecular weight is 241 g/mol. The first-order valence-corrected chi connectivity index (χ1v) is 5.78. The van der Waals surface area contributed by atoms with Crippen LogP contribution in [0.15, 0.2) is 33.9 Å². The zero-order chi connectivity index (χ0) is 10.7. The zero-order valence-corrected chi connectivity index (χ0v) is 9.68. The van der Waals surface area contributed by atoms with E-state index < -0.39 is 0 Å². The zero-order valence-electron chi connectivity index (χ0n) is 8.11. The van der Waals surface area contributed by atoms with Crippen LogP contribution in [0.3, 0.4) is 0 Å². The molecule has 2 rings (SSSR count). The van der Waals surface area contributed by atoms with E-state index in [1.54, 1.807) is 6.92 Å². The molecule has 3 nitrogen and oxygen atoms in total. The van der Waals surface area contributed by atoms with E-state index in [4.69, 9.17) is 16.0 Å². The highest BCUT2D eigenvalue weighted by Crippen LogP contribution is 2.25. The van der Waals surface area contributed by atoms with Gasteiger partial charge in [-0.15, -0.1) is 10.2 Å². The number of thioether (sulfide) groups is 1. The molecule has 0 saturated heterocycles. The number of halogens is 1. The molecule has 0 fully saturated rings. The average Bonchev–Trinajstić information content (AvgIpc) is 2.63. The van der Waals surface area contributed by atoms with Gasteiger partial charge in [0.2, 0.25) is 5.89 Å². The predicted octanol–water partition coefficient (Wildman–Crippen LogP) is 3.32. The summed E-state index contributed by atoms with van der Waals surface area (Å²) in [6, 6.07) is 7.73. The van der Waals surface area contributed by atoms with Crippen molar-refractivity contribution in [3.05, 3.63) is 40.7 Å². The third-order valence-corrected chi connectivity index (χ3v) is 3.05. The van der Waals surface area contributed by atoms with Gasteiger partial charge in [-0.25, -0.2) is 0 Å². The van der Waals surface area contributed by atoms with Crippen molar-refractivity contribution in [3.8, 4) is 0 Å². The summed E-state index contributed by atoms with van der Waals surface area (Å²) in [7, 11) is 0. The molecular formula is C10H9ClN2OS. The van der Waals surface area contributed by atoms with Gasteiger partial charge in [0.25, 0.3) is 5.22 Å². The maximum Gasteiger partial charge on any atom is 0.276 e. The van der Waals surface area contributed by atoms with Crippen LogP contribution in [0.4, 0.5) is 0 Å². The van der Waals surface area contributed by atoms with E-state index in [9.17, 15) is 0 Å². The van der Waals surface area contributed by atoms with Gasteiger partial charge in [0.05, 0.1) is 0 Å². The van der Waals surface area contributed by atoms with E-state index in [1.165, 1.54) is 11.8 Å². The highest BCUT2D eigenvalue weighted by atomic mass is 35.5. The first-order valence-electron chi connectivity index (χ1n) is 4.42. The fraction of sp³-hybridized carbons (Fsp3) is 0.200. The van der Waals surface area contributed by atoms with Gasteiger partial charge >= 0.3 is 0 Å². The Balaban J connectivity index is 2.02. The summed E-state index contributed by atoms with van der Waals surface area (Å²) >= 11 is 7.50. The molecule has 0 N–H and O–H groups in total. The van der Waals surface area contributed by atoms with Gasteiger partial charge in [0, 0.05) is 17.7 Å². The second-order valence-electron chi connectivity index (χ2n) is 2.97. The Labute approximate surface area is 96.8 Å². The number of rotatable bonds is 3. The summed E-state index contributed by atoms with van der Waals surface area (Å²) < 4.78 is 5.24. The first kappa shape index (κ1) is 10.5. The molecule has 0 unspecified atom stereocenters. The molecule has 78 valence electrons.